The molecule has 0 aromatic rings. The molecule has 0 saturated carbocycles. The lowest BCUT2D eigenvalue weighted by atomic mass is 9.87. The molecular weight excluding hydrogens is 232 g/mol. The van der Waals surface area contributed by atoms with Crippen LogP contribution < -0.4 is 0 Å². The fraction of sp³-hybridized carbons (Fsp3) is 0.571. The molecule has 0 fully saturated rings. The minimum Gasteiger partial charge on any atom is -0.466 e. The second-order valence-corrected chi connectivity index (χ2v) is 3.53. The summed E-state index contributed by atoms with van der Waals surface area (Å²) in [6, 6.07) is 0. The minimum absolute atomic E-state index is 0.101. The Hall–Kier alpha value is -1.94. The number of carbonyl (C=O) groups excluding carboxylic acids is 2. The Morgan fingerprint density at radius 2 is 1.28 bits per heavy atom. The molecule has 0 spiro atoms. The van der Waals surface area contributed by atoms with Crippen molar-refractivity contribution in [1.29, 1.82) is 0 Å². The average Bonchev–Trinajstić information content (AvgIpc) is 2.34. The molecule has 0 heterocycles. The van der Waals surface area contributed by atoms with E-state index < -0.39 is 23.8 Å². The summed E-state index contributed by atoms with van der Waals surface area (Å²) in [7, 11) is 0. The molecule has 0 N–H and O–H groups in total. The SMILES string of the molecule is C#CC[C@@H](C(=O)OCC)[C@@H](CC#C)C(=O)OCC. The van der Waals surface area contributed by atoms with Crippen LogP contribution in [0.4, 0.5) is 0 Å². The van der Waals surface area contributed by atoms with Crippen LogP contribution in [0.1, 0.15) is 26.7 Å². The molecule has 0 rings (SSSR count). The summed E-state index contributed by atoms with van der Waals surface area (Å²) < 4.78 is 9.80. The Labute approximate surface area is 108 Å². The predicted molar refractivity (Wildman–Crippen MR) is 67.1 cm³/mol. The Morgan fingerprint density at radius 1 is 0.944 bits per heavy atom. The molecule has 0 bridgehead atoms. The third-order valence-corrected chi connectivity index (χ3v) is 2.34. The van der Waals surface area contributed by atoms with Gasteiger partial charge in [-0.1, -0.05) is 0 Å². The second kappa shape index (κ2) is 9.13. The van der Waals surface area contributed by atoms with Crippen molar-refractivity contribution in [3.05, 3.63) is 0 Å². The van der Waals surface area contributed by atoms with Gasteiger partial charge in [-0.05, 0) is 13.8 Å². The van der Waals surface area contributed by atoms with Crippen molar-refractivity contribution in [2.24, 2.45) is 11.8 Å². The molecule has 0 amide bonds. The van der Waals surface area contributed by atoms with Crippen molar-refractivity contribution in [3.63, 3.8) is 0 Å². The van der Waals surface area contributed by atoms with Crippen molar-refractivity contribution < 1.29 is 19.1 Å². The molecule has 18 heavy (non-hydrogen) atoms. The van der Waals surface area contributed by atoms with Crippen LogP contribution in [-0.4, -0.2) is 25.2 Å². The molecule has 0 aliphatic carbocycles. The number of esters is 2. The molecule has 98 valence electrons. The quantitative estimate of drug-likeness (QED) is 0.506. The van der Waals surface area contributed by atoms with Crippen molar-refractivity contribution >= 4 is 11.9 Å². The number of hydrogen-bond donors (Lipinski definition) is 0. The molecule has 4 heteroatoms. The lowest BCUT2D eigenvalue weighted by Crippen LogP contribution is -2.32. The normalized spacial score (nSPS) is 12.7. The van der Waals surface area contributed by atoms with E-state index in [1.54, 1.807) is 13.8 Å². The van der Waals surface area contributed by atoms with Crippen LogP contribution in [0.15, 0.2) is 0 Å². The number of hydrogen-bond acceptors (Lipinski definition) is 4. The maximum atomic E-state index is 11.8. The molecular formula is C14H18O4. The van der Waals surface area contributed by atoms with Gasteiger partial charge in [-0.2, -0.15) is 0 Å². The Bertz CT molecular complexity index is 323. The molecule has 0 aromatic carbocycles. The first kappa shape index (κ1) is 16.1. The number of terminal acetylenes is 2. The van der Waals surface area contributed by atoms with Gasteiger partial charge in [-0.15, -0.1) is 24.7 Å². The Kier molecular flexibility index (Phi) is 8.14. The van der Waals surface area contributed by atoms with Crippen LogP contribution in [0.25, 0.3) is 0 Å². The van der Waals surface area contributed by atoms with E-state index in [1.165, 1.54) is 0 Å². The van der Waals surface area contributed by atoms with Crippen molar-refractivity contribution in [1.82, 2.24) is 0 Å². The average molecular weight is 250 g/mol. The largest absolute Gasteiger partial charge is 0.466 e. The van der Waals surface area contributed by atoms with Crippen molar-refractivity contribution in [2.75, 3.05) is 13.2 Å². The predicted octanol–water partition coefficient (Wildman–Crippen LogP) is 1.39. The van der Waals surface area contributed by atoms with E-state index in [1.807, 2.05) is 0 Å². The maximum absolute atomic E-state index is 11.8. The Balaban J connectivity index is 4.99. The highest BCUT2D eigenvalue weighted by Crippen LogP contribution is 2.22. The first-order valence-electron chi connectivity index (χ1n) is 5.82. The maximum Gasteiger partial charge on any atom is 0.310 e. The van der Waals surface area contributed by atoms with Gasteiger partial charge in [0.15, 0.2) is 0 Å². The zero-order chi connectivity index (χ0) is 14.0. The van der Waals surface area contributed by atoms with Crippen LogP contribution >= 0.6 is 0 Å². The first-order chi connectivity index (χ1) is 8.62. The van der Waals surface area contributed by atoms with E-state index in [0.29, 0.717) is 0 Å². The first-order valence-corrected chi connectivity index (χ1v) is 5.82. The van der Waals surface area contributed by atoms with Crippen LogP contribution in [0.5, 0.6) is 0 Å². The fourth-order valence-corrected chi connectivity index (χ4v) is 1.53. The third-order valence-electron chi connectivity index (χ3n) is 2.34. The smallest absolute Gasteiger partial charge is 0.310 e. The van der Waals surface area contributed by atoms with Crippen LogP contribution in [0.3, 0.4) is 0 Å². The highest BCUT2D eigenvalue weighted by atomic mass is 16.5. The monoisotopic (exact) mass is 250 g/mol. The third kappa shape index (κ3) is 4.93. The zero-order valence-electron chi connectivity index (χ0n) is 10.8. The topological polar surface area (TPSA) is 52.6 Å². The molecule has 0 aromatic heterocycles. The van der Waals surface area contributed by atoms with Gasteiger partial charge in [-0.25, -0.2) is 0 Å². The summed E-state index contributed by atoms with van der Waals surface area (Å²) in [5.74, 6) is 2.22. The fourth-order valence-electron chi connectivity index (χ4n) is 1.53. The summed E-state index contributed by atoms with van der Waals surface area (Å²) in [6.45, 7) is 3.83. The Morgan fingerprint density at radius 3 is 1.50 bits per heavy atom. The van der Waals surface area contributed by atoms with E-state index >= 15 is 0 Å². The second-order valence-electron chi connectivity index (χ2n) is 3.53. The number of ether oxygens (including phenoxy) is 2. The van der Waals surface area contributed by atoms with E-state index in [-0.39, 0.29) is 26.1 Å². The standard InChI is InChI=1S/C14H18O4/c1-5-9-11(13(15)17-7-3)12(10-6-2)14(16)18-8-4/h1-2,11-12H,7-10H2,3-4H3/t11-,12-/m1/s1. The van der Waals surface area contributed by atoms with Crippen molar-refractivity contribution in [2.45, 2.75) is 26.7 Å². The lowest BCUT2D eigenvalue weighted by molar-refractivity contribution is -0.160. The van der Waals surface area contributed by atoms with E-state index in [0.717, 1.165) is 0 Å². The van der Waals surface area contributed by atoms with Crippen LogP contribution in [0.2, 0.25) is 0 Å². The van der Waals surface area contributed by atoms with Crippen LogP contribution in [-0.2, 0) is 19.1 Å². The highest BCUT2D eigenvalue weighted by molar-refractivity contribution is 5.82. The minimum atomic E-state index is -0.745. The van der Waals surface area contributed by atoms with Gasteiger partial charge >= 0.3 is 11.9 Å². The van der Waals surface area contributed by atoms with Gasteiger partial charge in [0.2, 0.25) is 0 Å². The van der Waals surface area contributed by atoms with E-state index in [4.69, 9.17) is 22.3 Å². The molecule has 0 saturated heterocycles. The summed E-state index contributed by atoms with van der Waals surface area (Å²) in [6.07, 6.45) is 10.6. The van der Waals surface area contributed by atoms with E-state index in [9.17, 15) is 9.59 Å². The number of rotatable bonds is 7. The van der Waals surface area contributed by atoms with Gasteiger partial charge in [-0.3, -0.25) is 9.59 Å². The lowest BCUT2D eigenvalue weighted by Gasteiger charge is -2.20. The van der Waals surface area contributed by atoms with Crippen molar-refractivity contribution in [3.8, 4) is 24.7 Å². The number of carbonyl (C=O) groups is 2. The van der Waals surface area contributed by atoms with Gasteiger partial charge in [0, 0.05) is 12.8 Å². The molecule has 4 nitrogen and oxygen atoms in total. The van der Waals surface area contributed by atoms with Gasteiger partial charge in [0.1, 0.15) is 0 Å². The molecule has 0 radical (unpaired) electrons. The summed E-state index contributed by atoms with van der Waals surface area (Å²) in [5.41, 5.74) is 0. The molecule has 0 aliphatic rings. The van der Waals surface area contributed by atoms with Crippen LogP contribution in [0, 0.1) is 36.5 Å². The molecule has 0 aliphatic heterocycles. The van der Waals surface area contributed by atoms with E-state index in [2.05, 4.69) is 11.8 Å². The molecule has 0 unspecified atom stereocenters. The van der Waals surface area contributed by atoms with Gasteiger partial charge in [0.25, 0.3) is 0 Å². The highest BCUT2D eigenvalue weighted by Gasteiger charge is 2.34. The summed E-state index contributed by atoms with van der Waals surface area (Å²) >= 11 is 0. The zero-order valence-corrected chi connectivity index (χ0v) is 10.8. The molecule has 2 atom stereocenters. The summed E-state index contributed by atoms with van der Waals surface area (Å²) in [4.78, 5) is 23.5. The van der Waals surface area contributed by atoms with Gasteiger partial charge in [0.05, 0.1) is 25.0 Å². The van der Waals surface area contributed by atoms with Gasteiger partial charge < -0.3 is 9.47 Å². The summed E-state index contributed by atoms with van der Waals surface area (Å²) in [5, 5.41) is 0.